The number of hydrogen-bond acceptors (Lipinski definition) is 5. The molecule has 0 N–H and O–H groups in total. The first kappa shape index (κ1) is 20.3. The van der Waals surface area contributed by atoms with E-state index in [1.807, 2.05) is 29.2 Å². The van der Waals surface area contributed by atoms with E-state index in [1.165, 1.54) is 5.01 Å². The summed E-state index contributed by atoms with van der Waals surface area (Å²) in [7, 11) is 0. The van der Waals surface area contributed by atoms with Crippen LogP contribution in [0.1, 0.15) is 30.5 Å². The van der Waals surface area contributed by atoms with E-state index in [2.05, 4.69) is 38.1 Å². The molecule has 0 radical (unpaired) electrons. The van der Waals surface area contributed by atoms with Gasteiger partial charge in [0.15, 0.2) is 0 Å². The number of rotatable bonds is 8. The molecule has 7 heteroatoms. The summed E-state index contributed by atoms with van der Waals surface area (Å²) in [6.45, 7) is 7.02. The van der Waals surface area contributed by atoms with Crippen molar-refractivity contribution in [2.45, 2.75) is 32.7 Å². The zero-order valence-electron chi connectivity index (χ0n) is 15.7. The highest BCUT2D eigenvalue weighted by Crippen LogP contribution is 2.18. The van der Waals surface area contributed by atoms with Gasteiger partial charge in [0.2, 0.25) is 5.91 Å². The van der Waals surface area contributed by atoms with E-state index < -0.39 is 0 Å². The molecule has 1 aliphatic heterocycles. The Morgan fingerprint density at radius 2 is 2.11 bits per heavy atom. The zero-order valence-corrected chi connectivity index (χ0v) is 18.1. The lowest BCUT2D eigenvalue weighted by Gasteiger charge is -2.34. The van der Waals surface area contributed by atoms with Gasteiger partial charge in [-0.05, 0) is 31.0 Å². The van der Waals surface area contributed by atoms with Crippen LogP contribution in [0.3, 0.4) is 0 Å². The monoisotopic (exact) mass is 451 g/mol. The predicted molar refractivity (Wildman–Crippen MR) is 112 cm³/mol. The van der Waals surface area contributed by atoms with Crippen molar-refractivity contribution < 1.29 is 9.53 Å². The van der Waals surface area contributed by atoms with Crippen LogP contribution >= 0.6 is 27.3 Å². The van der Waals surface area contributed by atoms with Crippen molar-refractivity contribution in [3.63, 3.8) is 0 Å². The van der Waals surface area contributed by atoms with E-state index in [9.17, 15) is 4.79 Å². The second kappa shape index (κ2) is 10.2. The summed E-state index contributed by atoms with van der Waals surface area (Å²) in [6.07, 6.45) is 2.28. The third kappa shape index (κ3) is 6.30. The summed E-state index contributed by atoms with van der Waals surface area (Å²) in [5, 5.41) is 3.35. The molecule has 0 atom stereocenters. The minimum atomic E-state index is 0.231. The molecule has 0 unspecified atom stereocenters. The number of amides is 1. The van der Waals surface area contributed by atoms with Gasteiger partial charge >= 0.3 is 0 Å². The molecule has 2 heterocycles. The Balaban J connectivity index is 1.33. The SMILES string of the molecule is CCc1nc(CN2CCN(C(=O)CCCOc3cccc(Br)c3)CC2)cs1. The van der Waals surface area contributed by atoms with Crippen LogP contribution in [-0.2, 0) is 17.8 Å². The van der Waals surface area contributed by atoms with Gasteiger partial charge in [0, 0.05) is 49.0 Å². The number of thiazole rings is 1. The fraction of sp³-hybridized carbons (Fsp3) is 0.500. The van der Waals surface area contributed by atoms with E-state index in [4.69, 9.17) is 4.74 Å². The van der Waals surface area contributed by atoms with Gasteiger partial charge in [-0.1, -0.05) is 28.9 Å². The second-order valence-electron chi connectivity index (χ2n) is 6.65. The molecule has 146 valence electrons. The minimum Gasteiger partial charge on any atom is -0.494 e. The molecular formula is C20H26BrN3O2S. The van der Waals surface area contributed by atoms with Gasteiger partial charge in [-0.3, -0.25) is 9.69 Å². The summed E-state index contributed by atoms with van der Waals surface area (Å²) < 4.78 is 6.70. The van der Waals surface area contributed by atoms with Crippen LogP contribution in [0.2, 0.25) is 0 Å². The summed E-state index contributed by atoms with van der Waals surface area (Å²) in [5.41, 5.74) is 1.15. The minimum absolute atomic E-state index is 0.231. The maximum Gasteiger partial charge on any atom is 0.222 e. The first-order chi connectivity index (χ1) is 13.1. The molecule has 1 amide bonds. The van der Waals surface area contributed by atoms with Crippen molar-refractivity contribution in [2.75, 3.05) is 32.8 Å². The summed E-state index contributed by atoms with van der Waals surface area (Å²) in [6, 6.07) is 7.77. The molecule has 1 aliphatic rings. The van der Waals surface area contributed by atoms with Gasteiger partial charge in [0.25, 0.3) is 0 Å². The molecule has 1 saturated heterocycles. The van der Waals surface area contributed by atoms with Gasteiger partial charge in [-0.2, -0.15) is 0 Å². The highest BCUT2D eigenvalue weighted by molar-refractivity contribution is 9.10. The lowest BCUT2D eigenvalue weighted by Crippen LogP contribution is -2.48. The topological polar surface area (TPSA) is 45.7 Å². The average molecular weight is 452 g/mol. The number of hydrogen-bond donors (Lipinski definition) is 0. The smallest absolute Gasteiger partial charge is 0.222 e. The maximum atomic E-state index is 12.4. The number of benzene rings is 1. The van der Waals surface area contributed by atoms with E-state index in [1.54, 1.807) is 11.3 Å². The van der Waals surface area contributed by atoms with Gasteiger partial charge in [-0.15, -0.1) is 11.3 Å². The highest BCUT2D eigenvalue weighted by Gasteiger charge is 2.21. The lowest BCUT2D eigenvalue weighted by molar-refractivity contribution is -0.133. The van der Waals surface area contributed by atoms with Crippen LogP contribution in [0.15, 0.2) is 34.1 Å². The molecule has 2 aromatic rings. The first-order valence-corrected chi connectivity index (χ1v) is 11.1. The predicted octanol–water partition coefficient (Wildman–Crippen LogP) is 3.97. The molecule has 5 nitrogen and oxygen atoms in total. The maximum absolute atomic E-state index is 12.4. The summed E-state index contributed by atoms with van der Waals surface area (Å²) in [5.74, 6) is 1.06. The van der Waals surface area contributed by atoms with Gasteiger partial charge < -0.3 is 9.64 Å². The molecule has 27 heavy (non-hydrogen) atoms. The molecule has 0 saturated carbocycles. The Morgan fingerprint density at radius 1 is 1.30 bits per heavy atom. The number of carbonyl (C=O) groups is 1. The van der Waals surface area contributed by atoms with Crippen LogP contribution in [0.25, 0.3) is 0 Å². The average Bonchev–Trinajstić information content (AvgIpc) is 3.13. The van der Waals surface area contributed by atoms with Crippen molar-refractivity contribution in [2.24, 2.45) is 0 Å². The van der Waals surface area contributed by atoms with E-state index >= 15 is 0 Å². The normalized spacial score (nSPS) is 15.1. The summed E-state index contributed by atoms with van der Waals surface area (Å²) in [4.78, 5) is 21.4. The van der Waals surface area contributed by atoms with Gasteiger partial charge in [-0.25, -0.2) is 4.98 Å². The van der Waals surface area contributed by atoms with Crippen LogP contribution in [0, 0.1) is 0 Å². The third-order valence-corrected chi connectivity index (χ3v) is 6.15. The quantitative estimate of drug-likeness (QED) is 0.569. The van der Waals surface area contributed by atoms with Crippen molar-refractivity contribution in [3.05, 3.63) is 44.8 Å². The fourth-order valence-corrected chi connectivity index (χ4v) is 4.21. The van der Waals surface area contributed by atoms with E-state index in [0.717, 1.165) is 61.5 Å². The van der Waals surface area contributed by atoms with Crippen LogP contribution < -0.4 is 4.74 Å². The van der Waals surface area contributed by atoms with Crippen molar-refractivity contribution in [1.82, 2.24) is 14.8 Å². The number of aromatic nitrogens is 1. The molecule has 0 spiro atoms. The van der Waals surface area contributed by atoms with Gasteiger partial charge in [0.1, 0.15) is 5.75 Å². The Bertz CT molecular complexity index is 744. The highest BCUT2D eigenvalue weighted by atomic mass is 79.9. The van der Waals surface area contributed by atoms with E-state index in [0.29, 0.717) is 13.0 Å². The second-order valence-corrected chi connectivity index (χ2v) is 8.51. The van der Waals surface area contributed by atoms with Crippen molar-refractivity contribution in [1.29, 1.82) is 0 Å². The molecule has 1 aromatic carbocycles. The standard InChI is InChI=1S/C20H26BrN3O2S/c1-2-19-22-17(15-27-19)14-23-8-10-24(11-9-23)20(25)7-4-12-26-18-6-3-5-16(21)13-18/h3,5-6,13,15H,2,4,7-12,14H2,1H3. The number of carbonyl (C=O) groups excluding carboxylic acids is 1. The molecule has 1 fully saturated rings. The largest absolute Gasteiger partial charge is 0.494 e. The number of aryl methyl sites for hydroxylation is 1. The lowest BCUT2D eigenvalue weighted by atomic mass is 10.2. The van der Waals surface area contributed by atoms with E-state index in [-0.39, 0.29) is 5.91 Å². The first-order valence-electron chi connectivity index (χ1n) is 9.46. The molecule has 0 bridgehead atoms. The number of nitrogens with zero attached hydrogens (tertiary/aromatic N) is 3. The third-order valence-electron chi connectivity index (χ3n) is 4.61. The van der Waals surface area contributed by atoms with Crippen molar-refractivity contribution >= 4 is 33.2 Å². The number of ether oxygens (including phenoxy) is 1. The Morgan fingerprint density at radius 3 is 2.81 bits per heavy atom. The Hall–Kier alpha value is -1.44. The van der Waals surface area contributed by atoms with Crippen LogP contribution in [-0.4, -0.2) is 53.5 Å². The van der Waals surface area contributed by atoms with Crippen LogP contribution in [0.4, 0.5) is 0 Å². The molecule has 1 aromatic heterocycles. The Labute approximate surface area is 173 Å². The number of piperazine rings is 1. The molecule has 3 rings (SSSR count). The number of halogens is 1. The summed E-state index contributed by atoms with van der Waals surface area (Å²) >= 11 is 5.17. The van der Waals surface area contributed by atoms with Crippen molar-refractivity contribution in [3.8, 4) is 5.75 Å². The fourth-order valence-electron chi connectivity index (χ4n) is 3.10. The molecular weight excluding hydrogens is 426 g/mol. The molecule has 0 aliphatic carbocycles. The van der Waals surface area contributed by atoms with Crippen LogP contribution in [0.5, 0.6) is 5.75 Å². The Kier molecular flexibility index (Phi) is 7.67. The zero-order chi connectivity index (χ0) is 19.1. The van der Waals surface area contributed by atoms with Gasteiger partial charge in [0.05, 0.1) is 17.3 Å².